The molecule has 5 rings (SSSR count). The van der Waals surface area contributed by atoms with Gasteiger partial charge in [-0.2, -0.15) is 5.10 Å². The van der Waals surface area contributed by atoms with Gasteiger partial charge in [0.15, 0.2) is 0 Å². The number of aryl methyl sites for hydroxylation is 1. The lowest BCUT2D eigenvalue weighted by molar-refractivity contribution is 0.207. The maximum atomic E-state index is 5.02. The quantitative estimate of drug-likeness (QED) is 0.192. The maximum Gasteiger partial charge on any atom is 0.135 e. The third kappa shape index (κ3) is 6.95. The molecule has 1 aliphatic heterocycles. The zero-order valence-corrected chi connectivity index (χ0v) is 25.4. The Morgan fingerprint density at radius 2 is 1.88 bits per heavy atom. The van der Waals surface area contributed by atoms with Crippen molar-refractivity contribution in [3.63, 3.8) is 0 Å². The average molecular weight is 553 g/mol. The zero-order valence-electron chi connectivity index (χ0n) is 25.4. The minimum atomic E-state index is 0.534. The summed E-state index contributed by atoms with van der Waals surface area (Å²) in [7, 11) is 2.17. The number of nitrogens with zero attached hydrogens (tertiary/aromatic N) is 5. The third-order valence-electron chi connectivity index (χ3n) is 7.08. The molecule has 8 nitrogen and oxygen atoms in total. The molecule has 0 atom stereocenters. The number of fused-ring (bicyclic) bond motifs is 1. The van der Waals surface area contributed by atoms with E-state index >= 15 is 0 Å². The number of hydrogen-bond donors (Lipinski definition) is 3. The molecular weight excluding hydrogens is 508 g/mol. The third-order valence-corrected chi connectivity index (χ3v) is 7.08. The van der Waals surface area contributed by atoms with Crippen LogP contribution in [0, 0.1) is 12.8 Å². The van der Waals surface area contributed by atoms with Crippen molar-refractivity contribution in [3.8, 4) is 22.6 Å². The molecule has 4 aromatic heterocycles. The normalized spacial score (nSPS) is 14.2. The predicted molar refractivity (Wildman–Crippen MR) is 172 cm³/mol. The summed E-state index contributed by atoms with van der Waals surface area (Å²) in [5, 5.41) is 11.2. The van der Waals surface area contributed by atoms with Gasteiger partial charge in [0, 0.05) is 60.6 Å². The van der Waals surface area contributed by atoms with E-state index in [9.17, 15) is 0 Å². The van der Waals surface area contributed by atoms with Gasteiger partial charge < -0.3 is 20.1 Å². The molecular formula is C33H44N8. The van der Waals surface area contributed by atoms with Crippen LogP contribution in [0.3, 0.4) is 0 Å². The van der Waals surface area contributed by atoms with Crippen LogP contribution in [0.15, 0.2) is 67.7 Å². The molecule has 216 valence electrons. The molecule has 0 aromatic carbocycles. The molecule has 0 radical (unpaired) electrons. The molecule has 5 heterocycles. The molecule has 0 amide bonds. The van der Waals surface area contributed by atoms with E-state index in [-0.39, 0.29) is 0 Å². The van der Waals surface area contributed by atoms with Crippen molar-refractivity contribution in [2.75, 3.05) is 38.5 Å². The summed E-state index contributed by atoms with van der Waals surface area (Å²) in [6.07, 6.45) is 8.53. The monoisotopic (exact) mass is 552 g/mol. The fraction of sp³-hybridized carbons (Fsp3) is 0.364. The van der Waals surface area contributed by atoms with E-state index in [4.69, 9.17) is 4.98 Å². The Kier molecular flexibility index (Phi) is 9.78. The molecule has 0 saturated carbocycles. The summed E-state index contributed by atoms with van der Waals surface area (Å²) in [4.78, 5) is 17.8. The SMILES string of the molecule is C=C/C=C(\c1cc(-c2n[nH]c3ccc(-c4cncc(NC(=C)CC(C)C)c4)nc23)[nH]c1C)N1CCN(C)CC1.CC. The Hall–Kier alpha value is -4.17. The van der Waals surface area contributed by atoms with Gasteiger partial charge in [0.1, 0.15) is 11.2 Å². The van der Waals surface area contributed by atoms with E-state index < -0.39 is 0 Å². The fourth-order valence-corrected chi connectivity index (χ4v) is 5.12. The molecule has 1 aliphatic rings. The van der Waals surface area contributed by atoms with E-state index in [1.165, 1.54) is 5.70 Å². The van der Waals surface area contributed by atoms with E-state index in [0.29, 0.717) is 5.92 Å². The van der Waals surface area contributed by atoms with Crippen molar-refractivity contribution >= 4 is 22.4 Å². The number of pyridine rings is 2. The van der Waals surface area contributed by atoms with Crippen molar-refractivity contribution in [2.24, 2.45) is 5.92 Å². The highest BCUT2D eigenvalue weighted by Gasteiger charge is 2.22. The Balaban J connectivity index is 0.00000189. The van der Waals surface area contributed by atoms with Crippen LogP contribution in [-0.2, 0) is 0 Å². The number of rotatable bonds is 9. The number of aromatic amines is 2. The number of hydrogen-bond acceptors (Lipinski definition) is 6. The lowest BCUT2D eigenvalue weighted by Gasteiger charge is -2.35. The van der Waals surface area contributed by atoms with Gasteiger partial charge >= 0.3 is 0 Å². The lowest BCUT2D eigenvalue weighted by atomic mass is 10.1. The zero-order chi connectivity index (χ0) is 29.5. The van der Waals surface area contributed by atoms with Crippen molar-refractivity contribution in [3.05, 3.63) is 78.9 Å². The van der Waals surface area contributed by atoms with Crippen molar-refractivity contribution in [1.82, 2.24) is 34.9 Å². The van der Waals surface area contributed by atoms with Gasteiger partial charge in [-0.3, -0.25) is 10.1 Å². The number of piperazine rings is 1. The van der Waals surface area contributed by atoms with Gasteiger partial charge in [0.05, 0.1) is 28.8 Å². The first-order valence-electron chi connectivity index (χ1n) is 14.5. The van der Waals surface area contributed by atoms with Crippen LogP contribution < -0.4 is 5.32 Å². The Morgan fingerprint density at radius 1 is 1.12 bits per heavy atom. The average Bonchev–Trinajstić information content (AvgIpc) is 3.56. The molecule has 3 N–H and O–H groups in total. The molecule has 0 spiro atoms. The minimum absolute atomic E-state index is 0.534. The Morgan fingerprint density at radius 3 is 2.59 bits per heavy atom. The second kappa shape index (κ2) is 13.5. The molecule has 0 bridgehead atoms. The lowest BCUT2D eigenvalue weighted by Crippen LogP contribution is -2.43. The van der Waals surface area contributed by atoms with Crippen molar-refractivity contribution in [2.45, 2.75) is 41.0 Å². The molecule has 41 heavy (non-hydrogen) atoms. The van der Waals surface area contributed by atoms with Gasteiger partial charge in [0.2, 0.25) is 0 Å². The summed E-state index contributed by atoms with van der Waals surface area (Å²) in [5.74, 6) is 0.534. The van der Waals surface area contributed by atoms with Crippen LogP contribution in [0.2, 0.25) is 0 Å². The molecule has 1 saturated heterocycles. The van der Waals surface area contributed by atoms with Gasteiger partial charge in [0.25, 0.3) is 0 Å². The Labute approximate surface area is 244 Å². The van der Waals surface area contributed by atoms with Gasteiger partial charge in [-0.1, -0.05) is 46.9 Å². The summed E-state index contributed by atoms with van der Waals surface area (Å²) < 4.78 is 0. The summed E-state index contributed by atoms with van der Waals surface area (Å²) in [6, 6.07) is 8.26. The van der Waals surface area contributed by atoms with Gasteiger partial charge in [-0.25, -0.2) is 4.98 Å². The number of anilines is 1. The van der Waals surface area contributed by atoms with Crippen LogP contribution in [0.5, 0.6) is 0 Å². The van der Waals surface area contributed by atoms with E-state index in [2.05, 4.69) is 94.5 Å². The molecule has 4 aromatic rings. The first kappa shape index (κ1) is 29.8. The number of allylic oxidation sites excluding steroid dienone is 3. The predicted octanol–water partition coefficient (Wildman–Crippen LogP) is 7.10. The largest absolute Gasteiger partial charge is 0.368 e. The second-order valence-corrected chi connectivity index (χ2v) is 10.8. The Bertz CT molecular complexity index is 1520. The first-order valence-corrected chi connectivity index (χ1v) is 14.5. The van der Waals surface area contributed by atoms with Crippen LogP contribution in [0.25, 0.3) is 39.4 Å². The van der Waals surface area contributed by atoms with E-state index in [0.717, 1.165) is 88.9 Å². The standard InChI is InChI=1S/C31H38N8.C2H6/c1-7-8-29(39-13-11-38(6)12-14-39)25-17-28(34-22(25)5)31-30-27(36-37-31)10-9-26(35-30)23-16-24(19-32-18-23)33-21(4)15-20(2)3;1-2/h7-10,16-20,33-34H,1,4,11-15H2,2-3,5-6H3,(H,36,37);1-2H3/b29-8+;. The maximum absolute atomic E-state index is 5.02. The van der Waals surface area contributed by atoms with E-state index in [1.54, 1.807) is 0 Å². The summed E-state index contributed by atoms with van der Waals surface area (Å²) >= 11 is 0. The summed E-state index contributed by atoms with van der Waals surface area (Å²) in [6.45, 7) is 22.6. The number of aromatic nitrogens is 5. The topological polar surface area (TPSA) is 88.8 Å². The van der Waals surface area contributed by atoms with Crippen LogP contribution in [0.1, 0.15) is 45.4 Å². The highest BCUT2D eigenvalue weighted by Crippen LogP contribution is 2.32. The van der Waals surface area contributed by atoms with Crippen LogP contribution in [0.4, 0.5) is 5.69 Å². The highest BCUT2D eigenvalue weighted by atomic mass is 15.3. The second-order valence-electron chi connectivity index (χ2n) is 10.8. The van der Waals surface area contributed by atoms with Crippen molar-refractivity contribution < 1.29 is 0 Å². The van der Waals surface area contributed by atoms with E-state index in [1.807, 2.05) is 44.4 Å². The van der Waals surface area contributed by atoms with Gasteiger partial charge in [-0.05, 0) is 56.7 Å². The smallest absolute Gasteiger partial charge is 0.135 e. The minimum Gasteiger partial charge on any atom is -0.368 e. The molecule has 1 fully saturated rings. The highest BCUT2D eigenvalue weighted by molar-refractivity contribution is 5.91. The molecule has 8 heteroatoms. The first-order chi connectivity index (χ1) is 19.8. The van der Waals surface area contributed by atoms with Crippen molar-refractivity contribution in [1.29, 1.82) is 0 Å². The van der Waals surface area contributed by atoms with Crippen LogP contribution >= 0.6 is 0 Å². The fourth-order valence-electron chi connectivity index (χ4n) is 5.12. The number of nitrogens with one attached hydrogen (secondary N) is 3. The number of H-pyrrole nitrogens is 2. The van der Waals surface area contributed by atoms with Gasteiger partial charge in [-0.15, -0.1) is 0 Å². The van der Waals surface area contributed by atoms with Crippen LogP contribution in [-0.4, -0.2) is 68.2 Å². The molecule has 0 aliphatic carbocycles. The number of likely N-dealkylation sites (N-methyl/N-ethyl adjacent to an activating group) is 1. The summed E-state index contributed by atoms with van der Waals surface area (Å²) in [5.41, 5.74) is 10.5. The molecule has 0 unspecified atom stereocenters.